The number of amides is 1. The number of oxime groups is 1. The molecule has 7 heteroatoms. The topological polar surface area (TPSA) is 54.4 Å². The molecule has 2 heterocycles. The number of ether oxygens (including phenoxy) is 1. The zero-order valence-corrected chi connectivity index (χ0v) is 16.4. The summed E-state index contributed by atoms with van der Waals surface area (Å²) in [5.41, 5.74) is 2.77. The minimum absolute atomic E-state index is 0.00705. The molecule has 2 aliphatic rings. The molecule has 0 radical (unpaired) electrons. The standard InChI is InChI=1S/C21H22ClN3O3/c1-27-19-5-3-2-4-18(19)24-10-12-25(13-11-24)21(26)20-14-17(23-28-20)15-6-8-16(22)9-7-15/h2-9,20H,10-14H2,1H3/t20-/m1/s1. The maximum absolute atomic E-state index is 12.9. The molecule has 0 unspecified atom stereocenters. The summed E-state index contributed by atoms with van der Waals surface area (Å²) < 4.78 is 5.45. The molecular weight excluding hydrogens is 378 g/mol. The third-order valence-electron chi connectivity index (χ3n) is 5.14. The number of carbonyl (C=O) groups excluding carboxylic acids is 1. The van der Waals surface area contributed by atoms with E-state index in [9.17, 15) is 4.79 Å². The van der Waals surface area contributed by atoms with Crippen LogP contribution >= 0.6 is 11.6 Å². The first kappa shape index (κ1) is 18.6. The lowest BCUT2D eigenvalue weighted by molar-refractivity contribution is -0.142. The molecule has 0 aliphatic carbocycles. The second-order valence-electron chi connectivity index (χ2n) is 6.83. The highest BCUT2D eigenvalue weighted by atomic mass is 35.5. The van der Waals surface area contributed by atoms with E-state index < -0.39 is 6.10 Å². The van der Waals surface area contributed by atoms with Gasteiger partial charge in [0, 0.05) is 37.6 Å². The summed E-state index contributed by atoms with van der Waals surface area (Å²) in [6.45, 7) is 2.80. The molecule has 0 spiro atoms. The molecule has 2 aromatic rings. The van der Waals surface area contributed by atoms with Gasteiger partial charge >= 0.3 is 0 Å². The molecule has 0 N–H and O–H groups in total. The van der Waals surface area contributed by atoms with Gasteiger partial charge in [-0.05, 0) is 29.8 Å². The summed E-state index contributed by atoms with van der Waals surface area (Å²) in [5.74, 6) is 0.842. The second-order valence-corrected chi connectivity index (χ2v) is 7.26. The Morgan fingerprint density at radius 1 is 1.11 bits per heavy atom. The summed E-state index contributed by atoms with van der Waals surface area (Å²) in [5, 5.41) is 4.79. The fourth-order valence-corrected chi connectivity index (χ4v) is 3.71. The van der Waals surface area contributed by atoms with Gasteiger partial charge in [0.1, 0.15) is 5.75 Å². The van der Waals surface area contributed by atoms with Crippen molar-refractivity contribution in [1.82, 2.24) is 4.90 Å². The van der Waals surface area contributed by atoms with Gasteiger partial charge in [-0.1, -0.05) is 41.0 Å². The van der Waals surface area contributed by atoms with E-state index in [1.54, 1.807) is 7.11 Å². The van der Waals surface area contributed by atoms with Crippen molar-refractivity contribution in [2.24, 2.45) is 5.16 Å². The van der Waals surface area contributed by atoms with E-state index in [0.29, 0.717) is 24.5 Å². The predicted octanol–water partition coefficient (Wildman–Crippen LogP) is 3.19. The lowest BCUT2D eigenvalue weighted by Crippen LogP contribution is -2.51. The number of para-hydroxylation sites is 2. The van der Waals surface area contributed by atoms with Gasteiger partial charge in [-0.25, -0.2) is 0 Å². The molecule has 1 atom stereocenters. The fraction of sp³-hybridized carbons (Fsp3) is 0.333. The molecular formula is C21H22ClN3O3. The highest BCUT2D eigenvalue weighted by Crippen LogP contribution is 2.29. The Labute approximate surface area is 169 Å². The Hall–Kier alpha value is -2.73. The van der Waals surface area contributed by atoms with Crippen LogP contribution < -0.4 is 9.64 Å². The molecule has 2 aliphatic heterocycles. The van der Waals surface area contributed by atoms with E-state index in [0.717, 1.165) is 35.8 Å². The van der Waals surface area contributed by atoms with Crippen molar-refractivity contribution in [1.29, 1.82) is 0 Å². The zero-order valence-electron chi connectivity index (χ0n) is 15.7. The molecule has 1 saturated heterocycles. The van der Waals surface area contributed by atoms with Crippen LogP contribution in [0.3, 0.4) is 0 Å². The normalized spacial score (nSPS) is 19.2. The Balaban J connectivity index is 1.34. The number of methoxy groups -OCH3 is 1. The minimum atomic E-state index is -0.552. The van der Waals surface area contributed by atoms with Gasteiger partial charge in [0.25, 0.3) is 5.91 Å². The van der Waals surface area contributed by atoms with Crippen molar-refractivity contribution < 1.29 is 14.4 Å². The lowest BCUT2D eigenvalue weighted by Gasteiger charge is -2.37. The second kappa shape index (κ2) is 8.10. The van der Waals surface area contributed by atoms with Crippen molar-refractivity contribution in [2.75, 3.05) is 38.2 Å². The lowest BCUT2D eigenvalue weighted by atomic mass is 10.0. The van der Waals surface area contributed by atoms with Gasteiger partial charge in [-0.2, -0.15) is 0 Å². The van der Waals surface area contributed by atoms with E-state index in [4.69, 9.17) is 21.2 Å². The first-order valence-corrected chi connectivity index (χ1v) is 9.69. The molecule has 0 saturated carbocycles. The zero-order chi connectivity index (χ0) is 19.5. The van der Waals surface area contributed by atoms with Crippen LogP contribution in [-0.2, 0) is 9.63 Å². The first-order chi connectivity index (χ1) is 13.7. The van der Waals surface area contributed by atoms with Gasteiger partial charge in [-0.15, -0.1) is 0 Å². The number of anilines is 1. The molecule has 2 aromatic carbocycles. The maximum Gasteiger partial charge on any atom is 0.267 e. The molecule has 6 nitrogen and oxygen atoms in total. The molecule has 1 fully saturated rings. The molecule has 146 valence electrons. The van der Waals surface area contributed by atoms with Gasteiger partial charge < -0.3 is 19.4 Å². The van der Waals surface area contributed by atoms with Gasteiger partial charge in [0.2, 0.25) is 6.10 Å². The van der Waals surface area contributed by atoms with Crippen LogP contribution in [0.2, 0.25) is 5.02 Å². The smallest absolute Gasteiger partial charge is 0.267 e. The van der Waals surface area contributed by atoms with Crippen molar-refractivity contribution in [3.05, 3.63) is 59.1 Å². The monoisotopic (exact) mass is 399 g/mol. The van der Waals surface area contributed by atoms with E-state index in [1.165, 1.54) is 0 Å². The maximum atomic E-state index is 12.9. The summed E-state index contributed by atoms with van der Waals surface area (Å²) >= 11 is 5.93. The van der Waals surface area contributed by atoms with E-state index in [2.05, 4.69) is 10.1 Å². The average molecular weight is 400 g/mol. The van der Waals surface area contributed by atoms with Gasteiger partial charge in [0.05, 0.1) is 18.5 Å². The fourth-order valence-electron chi connectivity index (χ4n) is 3.59. The average Bonchev–Trinajstić information content (AvgIpc) is 3.24. The third-order valence-corrected chi connectivity index (χ3v) is 5.39. The molecule has 0 aromatic heterocycles. The summed E-state index contributed by atoms with van der Waals surface area (Å²) in [4.78, 5) is 22.4. The predicted molar refractivity (Wildman–Crippen MR) is 109 cm³/mol. The van der Waals surface area contributed by atoms with Crippen LogP contribution in [0.5, 0.6) is 5.75 Å². The van der Waals surface area contributed by atoms with Crippen molar-refractivity contribution in [2.45, 2.75) is 12.5 Å². The number of piperazine rings is 1. The van der Waals surface area contributed by atoms with E-state index >= 15 is 0 Å². The van der Waals surface area contributed by atoms with Crippen molar-refractivity contribution in [3.8, 4) is 5.75 Å². The Morgan fingerprint density at radius 3 is 2.54 bits per heavy atom. The van der Waals surface area contributed by atoms with Crippen LogP contribution in [0.25, 0.3) is 0 Å². The SMILES string of the molecule is COc1ccccc1N1CCN(C(=O)[C@H]2CC(c3ccc(Cl)cc3)=NO2)CC1. The minimum Gasteiger partial charge on any atom is -0.495 e. The van der Waals surface area contributed by atoms with Crippen molar-refractivity contribution in [3.63, 3.8) is 0 Å². The molecule has 28 heavy (non-hydrogen) atoms. The summed E-state index contributed by atoms with van der Waals surface area (Å²) in [7, 11) is 1.67. The number of halogens is 1. The Kier molecular flexibility index (Phi) is 5.39. The van der Waals surface area contributed by atoms with Crippen molar-refractivity contribution >= 4 is 28.9 Å². The number of benzene rings is 2. The van der Waals surface area contributed by atoms with Gasteiger partial charge in [0.15, 0.2) is 0 Å². The van der Waals surface area contributed by atoms with Gasteiger partial charge in [-0.3, -0.25) is 4.79 Å². The van der Waals surface area contributed by atoms with Crippen LogP contribution in [0, 0.1) is 0 Å². The van der Waals surface area contributed by atoms with E-state index in [1.807, 2.05) is 53.4 Å². The number of rotatable bonds is 4. The largest absolute Gasteiger partial charge is 0.495 e. The first-order valence-electron chi connectivity index (χ1n) is 9.31. The number of nitrogens with zero attached hydrogens (tertiary/aromatic N) is 3. The van der Waals surface area contributed by atoms with Crippen LogP contribution in [0.15, 0.2) is 53.7 Å². The number of carbonyl (C=O) groups is 1. The van der Waals surface area contributed by atoms with Crippen LogP contribution in [0.1, 0.15) is 12.0 Å². The van der Waals surface area contributed by atoms with E-state index in [-0.39, 0.29) is 5.91 Å². The Morgan fingerprint density at radius 2 is 1.82 bits per heavy atom. The highest BCUT2D eigenvalue weighted by molar-refractivity contribution is 6.30. The highest BCUT2D eigenvalue weighted by Gasteiger charge is 2.34. The third kappa shape index (κ3) is 3.78. The number of hydrogen-bond donors (Lipinski definition) is 0. The van der Waals surface area contributed by atoms with Crippen LogP contribution in [-0.4, -0.2) is 55.9 Å². The summed E-state index contributed by atoms with van der Waals surface area (Å²) in [6.07, 6.45) is -0.0730. The molecule has 0 bridgehead atoms. The quantitative estimate of drug-likeness (QED) is 0.792. The number of hydrogen-bond acceptors (Lipinski definition) is 5. The Bertz CT molecular complexity index is 877. The molecule has 1 amide bonds. The molecule has 4 rings (SSSR count). The van der Waals surface area contributed by atoms with Crippen LogP contribution in [0.4, 0.5) is 5.69 Å². The summed E-state index contributed by atoms with van der Waals surface area (Å²) in [6, 6.07) is 15.4.